The zero-order valence-electron chi connectivity index (χ0n) is 46.7. The maximum atomic E-state index is 12.9. The molecule has 0 heterocycles. The van der Waals surface area contributed by atoms with Gasteiger partial charge < -0.3 is 14.2 Å². The van der Waals surface area contributed by atoms with Gasteiger partial charge in [-0.1, -0.05) is 260 Å². The van der Waals surface area contributed by atoms with Gasteiger partial charge in [0.25, 0.3) is 0 Å². The third-order valence-corrected chi connectivity index (χ3v) is 12.9. The minimum absolute atomic E-state index is 0.0942. The Morgan fingerprint density at radius 2 is 0.549 bits per heavy atom. The average Bonchev–Trinajstić information content (AvgIpc) is 3.37. The van der Waals surface area contributed by atoms with Crippen molar-refractivity contribution in [1.82, 2.24) is 0 Å². The van der Waals surface area contributed by atoms with Gasteiger partial charge in [-0.2, -0.15) is 0 Å². The molecule has 0 fully saturated rings. The van der Waals surface area contributed by atoms with Crippen LogP contribution in [0.4, 0.5) is 0 Å². The van der Waals surface area contributed by atoms with Crippen molar-refractivity contribution in [3.8, 4) is 0 Å². The highest BCUT2D eigenvalue weighted by Crippen LogP contribution is 2.16. The molecule has 71 heavy (non-hydrogen) atoms. The van der Waals surface area contributed by atoms with E-state index in [1.54, 1.807) is 0 Å². The predicted molar refractivity (Wildman–Crippen MR) is 307 cm³/mol. The van der Waals surface area contributed by atoms with E-state index < -0.39 is 6.10 Å². The lowest BCUT2D eigenvalue weighted by Crippen LogP contribution is -2.30. The lowest BCUT2D eigenvalue weighted by molar-refractivity contribution is -0.167. The van der Waals surface area contributed by atoms with Crippen LogP contribution in [0.25, 0.3) is 0 Å². The summed E-state index contributed by atoms with van der Waals surface area (Å²) < 4.78 is 16.9. The predicted octanol–water partition coefficient (Wildman–Crippen LogP) is 20.3. The van der Waals surface area contributed by atoms with E-state index in [4.69, 9.17) is 14.2 Å². The van der Waals surface area contributed by atoms with Crippen molar-refractivity contribution in [2.24, 2.45) is 0 Å². The first-order valence-electron chi connectivity index (χ1n) is 30.1. The van der Waals surface area contributed by atoms with Gasteiger partial charge in [0.1, 0.15) is 13.2 Å². The van der Waals surface area contributed by atoms with Crippen LogP contribution in [-0.4, -0.2) is 37.2 Å². The van der Waals surface area contributed by atoms with Crippen LogP contribution in [0.1, 0.15) is 290 Å². The molecule has 0 aliphatic heterocycles. The van der Waals surface area contributed by atoms with E-state index in [0.29, 0.717) is 19.3 Å². The van der Waals surface area contributed by atoms with Gasteiger partial charge in [0.2, 0.25) is 0 Å². The smallest absolute Gasteiger partial charge is 0.306 e. The molecule has 0 rings (SSSR count). The summed E-state index contributed by atoms with van der Waals surface area (Å²) >= 11 is 0. The van der Waals surface area contributed by atoms with Crippen molar-refractivity contribution in [3.63, 3.8) is 0 Å². The molecule has 0 saturated carbocycles. The molecule has 0 N–H and O–H groups in total. The number of esters is 3. The molecule has 0 bridgehead atoms. The second-order valence-electron chi connectivity index (χ2n) is 19.9. The first-order valence-corrected chi connectivity index (χ1v) is 30.1. The fraction of sp³-hybridized carbons (Fsp3) is 0.738. The Bertz CT molecular complexity index is 1370. The number of hydrogen-bond donors (Lipinski definition) is 0. The summed E-state index contributed by atoms with van der Waals surface area (Å²) in [5.41, 5.74) is 0. The summed E-state index contributed by atoms with van der Waals surface area (Å²) in [6.07, 6.45) is 77.2. The van der Waals surface area contributed by atoms with E-state index in [9.17, 15) is 14.4 Å². The van der Waals surface area contributed by atoms with E-state index in [-0.39, 0.29) is 31.1 Å². The van der Waals surface area contributed by atoms with Crippen molar-refractivity contribution in [2.45, 2.75) is 297 Å². The number of unbranched alkanes of at least 4 members (excludes halogenated alkanes) is 29. The van der Waals surface area contributed by atoms with Gasteiger partial charge in [-0.15, -0.1) is 0 Å². The Morgan fingerprint density at radius 1 is 0.296 bits per heavy atom. The van der Waals surface area contributed by atoms with Crippen molar-refractivity contribution in [2.75, 3.05) is 13.2 Å². The second-order valence-corrected chi connectivity index (χ2v) is 19.9. The molecule has 1 atom stereocenters. The van der Waals surface area contributed by atoms with Gasteiger partial charge in [0, 0.05) is 19.3 Å². The molecule has 6 nitrogen and oxygen atoms in total. The van der Waals surface area contributed by atoms with Crippen molar-refractivity contribution >= 4 is 17.9 Å². The van der Waals surface area contributed by atoms with Crippen LogP contribution >= 0.6 is 0 Å². The monoisotopic (exact) mass is 989 g/mol. The topological polar surface area (TPSA) is 78.9 Å². The molecule has 0 aliphatic rings. The molecule has 408 valence electrons. The molecular weight excluding hydrogens is 877 g/mol. The van der Waals surface area contributed by atoms with Gasteiger partial charge in [-0.3, -0.25) is 14.4 Å². The number of rotatable bonds is 54. The van der Waals surface area contributed by atoms with Crippen LogP contribution in [0.5, 0.6) is 0 Å². The minimum atomic E-state index is -0.797. The van der Waals surface area contributed by atoms with E-state index in [0.717, 1.165) is 122 Å². The SMILES string of the molecule is CC/C=C/C/C=C/C/C=C/CCCCCCCC(=O)OC[C@H](COC(=O)CCCCC/C=C/C/C=C/C/C=C/C/C=C/CCCCC)OC(=O)CCCCCCCCCCCCCCCCCCCCC. The fourth-order valence-electron chi connectivity index (χ4n) is 8.38. The normalized spacial score (nSPS) is 12.7. The standard InChI is InChI=1S/C65H112O6/c1-4-7-10-13-16-19-22-25-28-30-32-34-37-40-43-46-49-52-55-58-64(67)70-61-62(60-69-63(66)57-54-51-48-45-42-39-36-27-24-21-18-15-12-9-6-3)71-65(68)59-56-53-50-47-44-41-38-35-33-31-29-26-23-20-17-14-11-8-5-2/h9,12,16,18-19,21,25,27-28,32,34,36,40,43,62H,4-8,10-11,13-15,17,20,22-24,26,29-31,33,35,37-39,41-42,44-61H2,1-3H3/b12-9+,19-16+,21-18+,28-25+,34-32+,36-27+,43-40+/t62-/m1/s1. The Labute approximate surface area is 439 Å². The largest absolute Gasteiger partial charge is 0.462 e. The molecule has 0 aliphatic carbocycles. The van der Waals surface area contributed by atoms with Crippen molar-refractivity contribution < 1.29 is 28.6 Å². The van der Waals surface area contributed by atoms with Gasteiger partial charge in [-0.05, 0) is 96.3 Å². The number of carbonyl (C=O) groups excluding carboxylic acids is 3. The highest BCUT2D eigenvalue weighted by atomic mass is 16.6. The highest BCUT2D eigenvalue weighted by Gasteiger charge is 2.19. The zero-order valence-corrected chi connectivity index (χ0v) is 46.7. The maximum Gasteiger partial charge on any atom is 0.306 e. The van der Waals surface area contributed by atoms with Crippen LogP contribution in [-0.2, 0) is 28.6 Å². The molecule has 0 radical (unpaired) electrons. The second kappa shape index (κ2) is 59.2. The third kappa shape index (κ3) is 57.4. The molecule has 0 aromatic heterocycles. The van der Waals surface area contributed by atoms with Gasteiger partial charge in [0.05, 0.1) is 0 Å². The average molecular weight is 990 g/mol. The van der Waals surface area contributed by atoms with Crippen LogP contribution in [0.2, 0.25) is 0 Å². The fourth-order valence-corrected chi connectivity index (χ4v) is 8.38. The lowest BCUT2D eigenvalue weighted by Gasteiger charge is -2.18. The van der Waals surface area contributed by atoms with Crippen molar-refractivity contribution in [1.29, 1.82) is 0 Å². The summed E-state index contributed by atoms with van der Waals surface area (Å²) in [6, 6.07) is 0. The van der Waals surface area contributed by atoms with E-state index >= 15 is 0 Å². The van der Waals surface area contributed by atoms with Crippen LogP contribution in [0.3, 0.4) is 0 Å². The molecule has 0 unspecified atom stereocenters. The molecule has 6 heteroatoms. The number of hydrogen-bond acceptors (Lipinski definition) is 6. The summed E-state index contributed by atoms with van der Waals surface area (Å²) in [5.74, 6) is -0.930. The summed E-state index contributed by atoms with van der Waals surface area (Å²) in [5, 5.41) is 0. The lowest BCUT2D eigenvalue weighted by atomic mass is 10.0. The Hall–Kier alpha value is -3.41. The van der Waals surface area contributed by atoms with Gasteiger partial charge >= 0.3 is 17.9 Å². The molecule has 0 amide bonds. The van der Waals surface area contributed by atoms with Crippen LogP contribution < -0.4 is 0 Å². The molecular formula is C65H112O6. The number of carbonyl (C=O) groups is 3. The van der Waals surface area contributed by atoms with E-state index in [1.165, 1.54) is 128 Å². The van der Waals surface area contributed by atoms with E-state index in [1.807, 2.05) is 0 Å². The summed E-state index contributed by atoms with van der Waals surface area (Å²) in [7, 11) is 0. The first kappa shape index (κ1) is 67.6. The Kier molecular flexibility index (Phi) is 56.3. The number of ether oxygens (including phenoxy) is 3. The summed E-state index contributed by atoms with van der Waals surface area (Å²) in [4.78, 5) is 38.2. The number of allylic oxidation sites excluding steroid dienone is 14. The minimum Gasteiger partial charge on any atom is -0.462 e. The quantitative estimate of drug-likeness (QED) is 0.0261. The third-order valence-electron chi connectivity index (χ3n) is 12.9. The highest BCUT2D eigenvalue weighted by molar-refractivity contribution is 5.71. The molecule has 0 aromatic rings. The summed E-state index contributed by atoms with van der Waals surface area (Å²) in [6.45, 7) is 6.49. The van der Waals surface area contributed by atoms with Crippen molar-refractivity contribution in [3.05, 3.63) is 85.1 Å². The maximum absolute atomic E-state index is 12.9. The van der Waals surface area contributed by atoms with Crippen LogP contribution in [0.15, 0.2) is 85.1 Å². The Morgan fingerprint density at radius 3 is 0.901 bits per heavy atom. The van der Waals surface area contributed by atoms with Crippen LogP contribution in [0, 0.1) is 0 Å². The zero-order chi connectivity index (χ0) is 51.4. The molecule has 0 saturated heterocycles. The molecule has 0 spiro atoms. The first-order chi connectivity index (χ1) is 35.0. The van der Waals surface area contributed by atoms with Gasteiger partial charge in [-0.25, -0.2) is 0 Å². The molecule has 0 aromatic carbocycles. The van der Waals surface area contributed by atoms with Gasteiger partial charge in [0.15, 0.2) is 6.10 Å². The Balaban J connectivity index is 4.44. The van der Waals surface area contributed by atoms with E-state index in [2.05, 4.69) is 106 Å².